The second kappa shape index (κ2) is 6.10. The summed E-state index contributed by atoms with van der Waals surface area (Å²) in [6.07, 6.45) is 7.45. The molecule has 3 fully saturated rings. The number of aromatic amines is 1. The number of benzene rings is 1. The van der Waals surface area contributed by atoms with Crippen molar-refractivity contribution in [1.29, 1.82) is 0 Å². The number of nitrogens with zero attached hydrogens (tertiary/aromatic N) is 2. The fourth-order valence-electron chi connectivity index (χ4n) is 4.58. The third-order valence-corrected chi connectivity index (χ3v) is 6.45. The summed E-state index contributed by atoms with van der Waals surface area (Å²) in [5.41, 5.74) is 1.60. The Labute approximate surface area is 161 Å². The van der Waals surface area contributed by atoms with Crippen LogP contribution in [-0.4, -0.2) is 37.3 Å². The van der Waals surface area contributed by atoms with Crippen LogP contribution in [0.15, 0.2) is 36.7 Å². The van der Waals surface area contributed by atoms with Crippen molar-refractivity contribution in [2.45, 2.75) is 49.7 Å². The van der Waals surface area contributed by atoms with Crippen LogP contribution < -0.4 is 5.32 Å². The highest BCUT2D eigenvalue weighted by molar-refractivity contribution is 5.96. The quantitative estimate of drug-likeness (QED) is 0.650. The molecule has 0 atom stereocenters. The van der Waals surface area contributed by atoms with Crippen LogP contribution in [0.25, 0.3) is 22.2 Å². The van der Waals surface area contributed by atoms with Crippen molar-refractivity contribution >= 4 is 16.8 Å². The Morgan fingerprint density at radius 3 is 2.43 bits per heavy atom. The highest BCUT2D eigenvalue weighted by atomic mass is 19.1. The van der Waals surface area contributed by atoms with E-state index in [0.29, 0.717) is 22.2 Å². The number of aliphatic hydroxyl groups is 1. The molecule has 0 aliphatic heterocycles. The van der Waals surface area contributed by atoms with E-state index in [9.17, 15) is 14.3 Å². The van der Waals surface area contributed by atoms with Crippen molar-refractivity contribution in [3.63, 3.8) is 0 Å². The molecule has 0 unspecified atom stereocenters. The van der Waals surface area contributed by atoms with Crippen molar-refractivity contribution in [2.24, 2.45) is 0 Å². The average molecular weight is 380 g/mol. The third kappa shape index (κ3) is 2.77. The summed E-state index contributed by atoms with van der Waals surface area (Å²) in [7, 11) is 0. The molecule has 1 amide bonds. The van der Waals surface area contributed by atoms with E-state index in [-0.39, 0.29) is 11.4 Å². The molecule has 7 heteroatoms. The fraction of sp³-hybridized carbons (Fsp3) is 0.381. The summed E-state index contributed by atoms with van der Waals surface area (Å²) in [4.78, 5) is 17.0. The maximum atomic E-state index is 13.8. The minimum absolute atomic E-state index is 0.0978. The first-order chi connectivity index (χ1) is 13.5. The fourth-order valence-corrected chi connectivity index (χ4v) is 4.58. The van der Waals surface area contributed by atoms with Gasteiger partial charge in [-0.2, -0.15) is 5.10 Å². The van der Waals surface area contributed by atoms with E-state index in [0.717, 1.165) is 44.1 Å². The van der Waals surface area contributed by atoms with Gasteiger partial charge in [-0.15, -0.1) is 0 Å². The first-order valence-electron chi connectivity index (χ1n) is 9.60. The van der Waals surface area contributed by atoms with Gasteiger partial charge in [-0.05, 0) is 50.7 Å². The first-order valence-corrected chi connectivity index (χ1v) is 9.60. The molecule has 2 aromatic heterocycles. The van der Waals surface area contributed by atoms with E-state index in [1.54, 1.807) is 18.3 Å². The summed E-state index contributed by atoms with van der Waals surface area (Å²) in [6.45, 7) is 0. The van der Waals surface area contributed by atoms with Gasteiger partial charge >= 0.3 is 0 Å². The molecular weight excluding hydrogens is 359 g/mol. The maximum Gasteiger partial charge on any atom is 0.251 e. The Morgan fingerprint density at radius 1 is 1.07 bits per heavy atom. The van der Waals surface area contributed by atoms with Crippen molar-refractivity contribution in [1.82, 2.24) is 20.5 Å². The number of hydrogen-bond donors (Lipinski definition) is 3. The highest BCUT2D eigenvalue weighted by Gasteiger charge is 2.48. The van der Waals surface area contributed by atoms with Gasteiger partial charge in [-0.25, -0.2) is 4.39 Å². The molecular formula is C21H21FN4O2. The summed E-state index contributed by atoms with van der Waals surface area (Å²) in [5.74, 6) is -0.544. The van der Waals surface area contributed by atoms with Crippen LogP contribution in [0.4, 0.5) is 4.39 Å². The minimum atomic E-state index is -0.519. The molecule has 3 aromatic rings. The van der Waals surface area contributed by atoms with Gasteiger partial charge in [0.1, 0.15) is 5.52 Å². The van der Waals surface area contributed by atoms with Crippen molar-refractivity contribution < 1.29 is 14.3 Å². The molecule has 144 valence electrons. The van der Waals surface area contributed by atoms with E-state index in [2.05, 4.69) is 20.5 Å². The second-order valence-electron chi connectivity index (χ2n) is 8.15. The number of hydrogen-bond acceptors (Lipinski definition) is 4. The topological polar surface area (TPSA) is 90.9 Å². The number of fused-ring (bicyclic) bond motifs is 4. The Hall–Kier alpha value is -2.80. The summed E-state index contributed by atoms with van der Waals surface area (Å²) < 4.78 is 13.8. The number of pyridine rings is 1. The lowest BCUT2D eigenvalue weighted by atomic mass is 9.63. The van der Waals surface area contributed by atoms with E-state index in [1.165, 1.54) is 6.20 Å². The molecule has 3 N–H and O–H groups in total. The van der Waals surface area contributed by atoms with Gasteiger partial charge < -0.3 is 10.4 Å². The van der Waals surface area contributed by atoms with Crippen molar-refractivity contribution in [3.05, 3.63) is 48.0 Å². The molecule has 0 saturated heterocycles. The molecule has 0 radical (unpaired) electrons. The molecule has 0 spiro atoms. The van der Waals surface area contributed by atoms with E-state index in [4.69, 9.17) is 0 Å². The largest absolute Gasteiger partial charge is 0.390 e. The van der Waals surface area contributed by atoms with Gasteiger partial charge in [-0.3, -0.25) is 14.9 Å². The van der Waals surface area contributed by atoms with Gasteiger partial charge in [0.25, 0.3) is 5.91 Å². The molecule has 6 rings (SSSR count). The second-order valence-corrected chi connectivity index (χ2v) is 8.15. The Morgan fingerprint density at radius 2 is 1.75 bits per heavy atom. The number of halogens is 1. The predicted molar refractivity (Wildman–Crippen MR) is 102 cm³/mol. The van der Waals surface area contributed by atoms with Crippen LogP contribution in [0, 0.1) is 5.82 Å². The summed E-state index contributed by atoms with van der Waals surface area (Å²) in [6, 6.07) is 7.17. The highest BCUT2D eigenvalue weighted by Crippen LogP contribution is 2.46. The normalized spacial score (nSPS) is 26.5. The zero-order valence-corrected chi connectivity index (χ0v) is 15.3. The minimum Gasteiger partial charge on any atom is -0.390 e. The molecule has 3 aliphatic carbocycles. The lowest BCUT2D eigenvalue weighted by molar-refractivity contribution is -0.0702. The molecule has 28 heavy (non-hydrogen) atoms. The van der Waals surface area contributed by atoms with Gasteiger partial charge in [0.05, 0.1) is 23.7 Å². The zero-order chi connectivity index (χ0) is 19.4. The van der Waals surface area contributed by atoms with Crippen molar-refractivity contribution in [3.8, 4) is 11.3 Å². The maximum absolute atomic E-state index is 13.8. The van der Waals surface area contributed by atoms with Crippen LogP contribution in [0.1, 0.15) is 48.9 Å². The number of carbonyl (C=O) groups excluding carboxylic acids is 1. The number of amides is 1. The number of H-pyrrole nitrogens is 1. The van der Waals surface area contributed by atoms with Gasteiger partial charge in [-0.1, -0.05) is 12.1 Å². The number of rotatable bonds is 3. The van der Waals surface area contributed by atoms with Crippen molar-refractivity contribution in [2.75, 3.05) is 0 Å². The van der Waals surface area contributed by atoms with Crippen LogP contribution >= 0.6 is 0 Å². The Kier molecular flexibility index (Phi) is 3.77. The van der Waals surface area contributed by atoms with Crippen LogP contribution in [0.3, 0.4) is 0 Å². The monoisotopic (exact) mass is 380 g/mol. The summed E-state index contributed by atoms with van der Waals surface area (Å²) in [5, 5.41) is 20.7. The Balaban J connectivity index is 1.37. The molecule has 6 nitrogen and oxygen atoms in total. The molecule has 3 aliphatic rings. The van der Waals surface area contributed by atoms with Crippen LogP contribution in [0.5, 0.6) is 0 Å². The Bertz CT molecular complexity index is 1040. The number of aromatic nitrogens is 3. The van der Waals surface area contributed by atoms with Gasteiger partial charge in [0.15, 0.2) is 5.82 Å². The standard InChI is InChI=1S/C21H21FN4O2/c22-16-12-23-17(15-11-24-26-18(15)16)13-1-3-14(4-2-13)19(27)25-20-5-8-21(28,9-6-20)10-7-20/h1-4,11-12,28H,5-10H2,(H,24,26)(H,25,27). The van der Waals surface area contributed by atoms with Gasteiger partial charge in [0, 0.05) is 22.1 Å². The third-order valence-electron chi connectivity index (χ3n) is 6.45. The van der Waals surface area contributed by atoms with Crippen LogP contribution in [-0.2, 0) is 0 Å². The predicted octanol–water partition coefficient (Wildman–Crippen LogP) is 3.33. The summed E-state index contributed by atoms with van der Waals surface area (Å²) >= 11 is 0. The number of nitrogens with one attached hydrogen (secondary N) is 2. The lowest BCUT2D eigenvalue weighted by Gasteiger charge is -2.51. The smallest absolute Gasteiger partial charge is 0.251 e. The average Bonchev–Trinajstić information content (AvgIpc) is 3.21. The van der Waals surface area contributed by atoms with E-state index in [1.807, 2.05) is 12.1 Å². The zero-order valence-electron chi connectivity index (χ0n) is 15.3. The number of carbonyl (C=O) groups is 1. The SMILES string of the molecule is O=C(NC12CCC(O)(CC1)CC2)c1ccc(-c2ncc(F)c3[nH]ncc23)cc1. The van der Waals surface area contributed by atoms with E-state index < -0.39 is 11.4 Å². The first kappa shape index (κ1) is 17.3. The van der Waals surface area contributed by atoms with E-state index >= 15 is 0 Å². The molecule has 3 saturated carbocycles. The van der Waals surface area contributed by atoms with Gasteiger partial charge in [0.2, 0.25) is 0 Å². The molecule has 2 heterocycles. The van der Waals surface area contributed by atoms with Crippen LogP contribution in [0.2, 0.25) is 0 Å². The molecule has 2 bridgehead atoms. The lowest BCUT2D eigenvalue weighted by Crippen LogP contribution is -2.58. The molecule has 1 aromatic carbocycles.